The van der Waals surface area contributed by atoms with Gasteiger partial charge in [0.15, 0.2) is 11.6 Å². The number of rotatable bonds is 3. The molecular weight excluding hydrogens is 352 g/mol. The van der Waals surface area contributed by atoms with Crippen molar-refractivity contribution < 1.29 is 33.3 Å². The lowest BCUT2D eigenvalue weighted by molar-refractivity contribution is -0.264. The van der Waals surface area contributed by atoms with E-state index in [0.717, 1.165) is 0 Å². The number of Topliss-reactive ketones (excluding diaryl/α,β-unsaturated/α-hetero) is 1. The molecule has 3 aliphatic rings. The van der Waals surface area contributed by atoms with Gasteiger partial charge in [-0.25, -0.2) is 4.79 Å². The van der Waals surface area contributed by atoms with Crippen molar-refractivity contribution >= 4 is 17.7 Å². The Bertz CT molecular complexity index is 684. The molecule has 3 rings (SSSR count). The van der Waals surface area contributed by atoms with Gasteiger partial charge in [0.2, 0.25) is 0 Å². The second kappa shape index (κ2) is 6.71. The Labute approximate surface area is 159 Å². The SMILES string of the molecule is C=C1C(=O)O[C@@H]2C[C@H](C)[C@]3(OC)CC(=O)[C@](C)(C[C@@H](OC(=O)C(C)C)[C@@H]12)O3. The predicted molar refractivity (Wildman–Crippen MR) is 94.5 cm³/mol. The minimum absolute atomic E-state index is 0.101. The molecule has 0 aliphatic carbocycles. The van der Waals surface area contributed by atoms with E-state index in [1.165, 1.54) is 7.11 Å². The molecule has 0 saturated carbocycles. The third-order valence-corrected chi connectivity index (χ3v) is 6.13. The van der Waals surface area contributed by atoms with Crippen LogP contribution < -0.4 is 0 Å². The van der Waals surface area contributed by atoms with Crippen molar-refractivity contribution in [2.45, 2.75) is 70.6 Å². The van der Waals surface area contributed by atoms with E-state index in [0.29, 0.717) is 6.42 Å². The molecule has 0 unspecified atom stereocenters. The van der Waals surface area contributed by atoms with Crippen LogP contribution in [0.5, 0.6) is 0 Å². The fraction of sp³-hybridized carbons (Fsp3) is 0.750. The fourth-order valence-corrected chi connectivity index (χ4v) is 4.38. The number of methoxy groups -OCH3 is 1. The molecule has 3 saturated heterocycles. The molecule has 27 heavy (non-hydrogen) atoms. The summed E-state index contributed by atoms with van der Waals surface area (Å²) in [6.45, 7) is 10.9. The summed E-state index contributed by atoms with van der Waals surface area (Å²) in [5.74, 6) is -3.12. The number of carbonyl (C=O) groups is 3. The molecule has 3 heterocycles. The molecule has 0 aromatic carbocycles. The van der Waals surface area contributed by atoms with Gasteiger partial charge in [0.25, 0.3) is 0 Å². The maximum atomic E-state index is 12.8. The van der Waals surface area contributed by atoms with Crippen molar-refractivity contribution in [3.05, 3.63) is 12.2 Å². The number of fused-ring (bicyclic) bond motifs is 3. The fourth-order valence-electron chi connectivity index (χ4n) is 4.38. The van der Waals surface area contributed by atoms with Gasteiger partial charge < -0.3 is 18.9 Å². The summed E-state index contributed by atoms with van der Waals surface area (Å²) in [5, 5.41) is 0. The van der Waals surface area contributed by atoms with Gasteiger partial charge in [-0.1, -0.05) is 27.4 Å². The summed E-state index contributed by atoms with van der Waals surface area (Å²) < 4.78 is 23.1. The van der Waals surface area contributed by atoms with Crippen LogP contribution >= 0.6 is 0 Å². The highest BCUT2D eigenvalue weighted by atomic mass is 16.7. The van der Waals surface area contributed by atoms with Gasteiger partial charge >= 0.3 is 11.9 Å². The molecule has 0 N–H and O–H groups in total. The Morgan fingerprint density at radius 2 is 2.00 bits per heavy atom. The molecule has 0 aromatic heterocycles. The van der Waals surface area contributed by atoms with Crippen LogP contribution in [0.3, 0.4) is 0 Å². The largest absolute Gasteiger partial charge is 0.461 e. The van der Waals surface area contributed by atoms with Crippen LogP contribution in [-0.2, 0) is 33.3 Å². The number of carbonyl (C=O) groups excluding carboxylic acids is 3. The van der Waals surface area contributed by atoms with Crippen molar-refractivity contribution in [3.8, 4) is 0 Å². The first-order valence-corrected chi connectivity index (χ1v) is 9.42. The summed E-state index contributed by atoms with van der Waals surface area (Å²) >= 11 is 0. The lowest BCUT2D eigenvalue weighted by atomic mass is 9.78. The number of ketones is 1. The minimum atomic E-state index is -1.17. The van der Waals surface area contributed by atoms with Crippen molar-refractivity contribution in [3.63, 3.8) is 0 Å². The van der Waals surface area contributed by atoms with E-state index in [1.54, 1.807) is 20.8 Å². The zero-order chi connectivity index (χ0) is 20.1. The normalized spacial score (nSPS) is 41.6. The number of esters is 2. The second-order valence-corrected chi connectivity index (χ2v) is 8.41. The first-order valence-electron chi connectivity index (χ1n) is 9.42. The van der Waals surface area contributed by atoms with Crippen LogP contribution in [0, 0.1) is 17.8 Å². The molecule has 6 atom stereocenters. The monoisotopic (exact) mass is 380 g/mol. The topological polar surface area (TPSA) is 88.1 Å². The Morgan fingerprint density at radius 1 is 1.33 bits per heavy atom. The molecule has 7 heteroatoms. The maximum Gasteiger partial charge on any atom is 0.334 e. The third-order valence-electron chi connectivity index (χ3n) is 6.13. The lowest BCUT2D eigenvalue weighted by Crippen LogP contribution is -2.43. The van der Waals surface area contributed by atoms with Crippen LogP contribution in [0.1, 0.15) is 47.0 Å². The first-order chi connectivity index (χ1) is 12.5. The molecule has 3 aliphatic heterocycles. The van der Waals surface area contributed by atoms with Crippen molar-refractivity contribution in [2.24, 2.45) is 17.8 Å². The van der Waals surface area contributed by atoms with Crippen LogP contribution in [0.2, 0.25) is 0 Å². The quantitative estimate of drug-likeness (QED) is 0.548. The first kappa shape index (κ1) is 20.0. The van der Waals surface area contributed by atoms with Crippen LogP contribution in [0.4, 0.5) is 0 Å². The van der Waals surface area contributed by atoms with Gasteiger partial charge in [-0.05, 0) is 13.3 Å². The van der Waals surface area contributed by atoms with E-state index in [4.69, 9.17) is 18.9 Å². The van der Waals surface area contributed by atoms with E-state index in [1.807, 2.05) is 6.92 Å². The Morgan fingerprint density at radius 3 is 2.59 bits per heavy atom. The summed E-state index contributed by atoms with van der Waals surface area (Å²) in [4.78, 5) is 37.4. The summed E-state index contributed by atoms with van der Waals surface area (Å²) in [7, 11) is 1.51. The zero-order valence-electron chi connectivity index (χ0n) is 16.6. The van der Waals surface area contributed by atoms with Gasteiger partial charge in [-0.3, -0.25) is 9.59 Å². The summed E-state index contributed by atoms with van der Waals surface area (Å²) in [6, 6.07) is 0. The van der Waals surface area contributed by atoms with Gasteiger partial charge in [0.1, 0.15) is 17.8 Å². The Hall–Kier alpha value is -1.73. The molecule has 0 amide bonds. The summed E-state index contributed by atoms with van der Waals surface area (Å²) in [5.41, 5.74) is -0.901. The van der Waals surface area contributed by atoms with E-state index in [2.05, 4.69) is 6.58 Å². The molecule has 0 aromatic rings. The smallest absolute Gasteiger partial charge is 0.334 e. The van der Waals surface area contributed by atoms with Gasteiger partial charge in [-0.15, -0.1) is 0 Å². The van der Waals surface area contributed by atoms with Crippen molar-refractivity contribution in [1.82, 2.24) is 0 Å². The van der Waals surface area contributed by atoms with Crippen LogP contribution in [0.25, 0.3) is 0 Å². The van der Waals surface area contributed by atoms with E-state index in [-0.39, 0.29) is 36.0 Å². The summed E-state index contributed by atoms with van der Waals surface area (Å²) in [6.07, 6.45) is -0.589. The predicted octanol–water partition coefficient (Wildman–Crippen LogP) is 2.17. The van der Waals surface area contributed by atoms with Gasteiger partial charge in [-0.2, -0.15) is 0 Å². The maximum absolute atomic E-state index is 12.8. The van der Waals surface area contributed by atoms with Crippen LogP contribution in [-0.4, -0.2) is 48.4 Å². The number of ether oxygens (including phenoxy) is 4. The molecule has 0 radical (unpaired) electrons. The molecule has 2 bridgehead atoms. The van der Waals surface area contributed by atoms with Gasteiger partial charge in [0.05, 0.1) is 18.3 Å². The highest BCUT2D eigenvalue weighted by Gasteiger charge is 2.61. The van der Waals surface area contributed by atoms with Crippen molar-refractivity contribution in [1.29, 1.82) is 0 Å². The molecule has 0 spiro atoms. The van der Waals surface area contributed by atoms with Crippen molar-refractivity contribution in [2.75, 3.05) is 7.11 Å². The average molecular weight is 380 g/mol. The average Bonchev–Trinajstić information content (AvgIpc) is 3.01. The van der Waals surface area contributed by atoms with Crippen LogP contribution in [0.15, 0.2) is 12.2 Å². The van der Waals surface area contributed by atoms with E-state index >= 15 is 0 Å². The molecule has 3 fully saturated rings. The third kappa shape index (κ3) is 3.21. The highest BCUT2D eigenvalue weighted by molar-refractivity contribution is 5.92. The Balaban J connectivity index is 2.04. The Kier molecular flexibility index (Phi) is 4.97. The minimum Gasteiger partial charge on any atom is -0.461 e. The standard InChI is InChI=1S/C20H28O7/c1-10(2)17(22)26-14-8-19(5)15(21)9-20(24-6,27-19)11(3)7-13-16(14)12(4)18(23)25-13/h10-11,13-14,16H,4,7-9H2,1-3,5-6H3/t11-,13+,14+,16-,19-,20-/m0/s1. The lowest BCUT2D eigenvalue weighted by Gasteiger charge is -2.35. The number of hydrogen-bond donors (Lipinski definition) is 0. The second-order valence-electron chi connectivity index (χ2n) is 8.41. The van der Waals surface area contributed by atoms with E-state index < -0.39 is 41.5 Å². The molecular formula is C20H28O7. The number of hydrogen-bond acceptors (Lipinski definition) is 7. The highest BCUT2D eigenvalue weighted by Crippen LogP contribution is 2.49. The van der Waals surface area contributed by atoms with E-state index in [9.17, 15) is 14.4 Å². The van der Waals surface area contributed by atoms with Gasteiger partial charge in [0, 0.05) is 25.0 Å². The molecule has 7 nitrogen and oxygen atoms in total. The molecule has 150 valence electrons. The zero-order valence-corrected chi connectivity index (χ0v) is 16.6.